The molecular formula is C15H13F3N4O3. The van der Waals surface area contributed by atoms with Crippen LogP contribution < -0.4 is 10.3 Å². The number of aromatic nitrogens is 3. The number of pyridine rings is 1. The van der Waals surface area contributed by atoms with Crippen LogP contribution >= 0.6 is 0 Å². The molecule has 7 nitrogen and oxygen atoms in total. The lowest BCUT2D eigenvalue weighted by atomic mass is 10.2. The average molecular weight is 354 g/mol. The van der Waals surface area contributed by atoms with Crippen molar-refractivity contribution in [1.29, 1.82) is 0 Å². The van der Waals surface area contributed by atoms with Crippen LogP contribution in [0, 0.1) is 0 Å². The van der Waals surface area contributed by atoms with Gasteiger partial charge in [-0.3, -0.25) is 9.59 Å². The lowest BCUT2D eigenvalue weighted by Crippen LogP contribution is -2.32. The van der Waals surface area contributed by atoms with Gasteiger partial charge in [-0.15, -0.1) is 0 Å². The van der Waals surface area contributed by atoms with Gasteiger partial charge in [0.15, 0.2) is 0 Å². The fourth-order valence-electron chi connectivity index (χ4n) is 2.46. The third kappa shape index (κ3) is 3.95. The number of amides is 1. The molecule has 1 amide bonds. The average Bonchev–Trinajstić information content (AvgIpc) is 3.03. The quantitative estimate of drug-likeness (QED) is 0.902. The summed E-state index contributed by atoms with van der Waals surface area (Å²) in [4.78, 5) is 28.5. The van der Waals surface area contributed by atoms with Gasteiger partial charge < -0.3 is 9.64 Å². The number of hydrogen-bond acceptors (Lipinski definition) is 5. The molecule has 0 radical (unpaired) electrons. The van der Waals surface area contributed by atoms with Gasteiger partial charge in [-0.1, -0.05) is 0 Å². The number of H-pyrrole nitrogens is 1. The lowest BCUT2D eigenvalue weighted by molar-refractivity contribution is -0.137. The molecular weight excluding hydrogens is 341 g/mol. The highest BCUT2D eigenvalue weighted by molar-refractivity contribution is 5.92. The third-order valence-corrected chi connectivity index (χ3v) is 3.68. The number of carbonyl (C=O) groups is 1. The minimum absolute atomic E-state index is 0.0810. The van der Waals surface area contributed by atoms with Crippen LogP contribution in [-0.4, -0.2) is 45.2 Å². The first kappa shape index (κ1) is 16.9. The largest absolute Gasteiger partial charge is 0.472 e. The highest BCUT2D eigenvalue weighted by atomic mass is 19.4. The summed E-state index contributed by atoms with van der Waals surface area (Å²) in [5, 5.41) is 5.84. The van der Waals surface area contributed by atoms with Crippen molar-refractivity contribution in [2.45, 2.75) is 18.7 Å². The van der Waals surface area contributed by atoms with Crippen molar-refractivity contribution in [1.82, 2.24) is 20.1 Å². The van der Waals surface area contributed by atoms with Gasteiger partial charge in [0.25, 0.3) is 11.5 Å². The van der Waals surface area contributed by atoms with Gasteiger partial charge in [0.2, 0.25) is 5.88 Å². The van der Waals surface area contributed by atoms with E-state index in [2.05, 4.69) is 15.2 Å². The van der Waals surface area contributed by atoms with E-state index in [4.69, 9.17) is 4.74 Å². The molecule has 3 rings (SSSR count). The summed E-state index contributed by atoms with van der Waals surface area (Å²) in [5.74, 6) is -0.532. The number of carbonyl (C=O) groups excluding carboxylic acids is 1. The Hall–Kier alpha value is -2.91. The zero-order chi connectivity index (χ0) is 18.0. The Morgan fingerprint density at radius 1 is 1.32 bits per heavy atom. The topological polar surface area (TPSA) is 88.2 Å². The maximum atomic E-state index is 12.7. The fraction of sp³-hybridized carbons (Fsp3) is 0.333. The monoisotopic (exact) mass is 354 g/mol. The second kappa shape index (κ2) is 6.54. The minimum Gasteiger partial charge on any atom is -0.472 e. The number of nitrogens with one attached hydrogen (secondary N) is 1. The van der Waals surface area contributed by atoms with Gasteiger partial charge >= 0.3 is 6.18 Å². The van der Waals surface area contributed by atoms with Crippen LogP contribution in [0.2, 0.25) is 0 Å². The van der Waals surface area contributed by atoms with Crippen LogP contribution in [0.3, 0.4) is 0 Å². The first-order chi connectivity index (χ1) is 11.8. The van der Waals surface area contributed by atoms with Crippen LogP contribution in [0.5, 0.6) is 5.88 Å². The van der Waals surface area contributed by atoms with Gasteiger partial charge in [-0.25, -0.2) is 10.1 Å². The molecule has 1 aliphatic rings. The number of aromatic amines is 1. The van der Waals surface area contributed by atoms with Crippen LogP contribution in [0.15, 0.2) is 35.3 Å². The van der Waals surface area contributed by atoms with Crippen LogP contribution in [0.25, 0.3) is 0 Å². The third-order valence-electron chi connectivity index (χ3n) is 3.68. The number of nitrogens with zero attached hydrogens (tertiary/aromatic N) is 3. The summed E-state index contributed by atoms with van der Waals surface area (Å²) in [7, 11) is 0. The van der Waals surface area contributed by atoms with Crippen LogP contribution in [0.1, 0.15) is 22.5 Å². The van der Waals surface area contributed by atoms with Gasteiger partial charge in [-0.2, -0.15) is 18.3 Å². The maximum Gasteiger partial charge on any atom is 0.416 e. The van der Waals surface area contributed by atoms with E-state index in [0.29, 0.717) is 13.0 Å². The highest BCUT2D eigenvalue weighted by Gasteiger charge is 2.32. The van der Waals surface area contributed by atoms with Crippen molar-refractivity contribution in [3.63, 3.8) is 0 Å². The molecule has 1 N–H and O–H groups in total. The van der Waals surface area contributed by atoms with E-state index in [1.165, 1.54) is 17.0 Å². The SMILES string of the molecule is O=C(c1ccc(=O)[nH]n1)N1CCC(Oc2cc(C(F)(F)F)ccn2)C1. The van der Waals surface area contributed by atoms with Crippen molar-refractivity contribution in [2.75, 3.05) is 13.1 Å². The molecule has 25 heavy (non-hydrogen) atoms. The molecule has 1 saturated heterocycles. The predicted octanol–water partition coefficient (Wildman–Crippen LogP) is 1.48. The number of hydrogen-bond donors (Lipinski definition) is 1. The summed E-state index contributed by atoms with van der Waals surface area (Å²) < 4.78 is 43.6. The molecule has 2 aromatic heterocycles. The highest BCUT2D eigenvalue weighted by Crippen LogP contribution is 2.31. The molecule has 132 valence electrons. The molecule has 0 aromatic carbocycles. The Kier molecular flexibility index (Phi) is 4.43. The summed E-state index contributed by atoms with van der Waals surface area (Å²) in [5.41, 5.74) is -1.19. The molecule has 0 bridgehead atoms. The maximum absolute atomic E-state index is 12.7. The molecule has 1 aliphatic heterocycles. The summed E-state index contributed by atoms with van der Waals surface area (Å²) >= 11 is 0. The van der Waals surface area contributed by atoms with Crippen molar-refractivity contribution in [3.8, 4) is 5.88 Å². The van der Waals surface area contributed by atoms with E-state index in [9.17, 15) is 22.8 Å². The normalized spacial score (nSPS) is 17.6. The van der Waals surface area contributed by atoms with Crippen LogP contribution in [0.4, 0.5) is 13.2 Å². The van der Waals surface area contributed by atoms with Gasteiger partial charge in [0, 0.05) is 31.3 Å². The summed E-state index contributed by atoms with van der Waals surface area (Å²) in [6, 6.07) is 4.19. The van der Waals surface area contributed by atoms with Crippen molar-refractivity contribution in [2.24, 2.45) is 0 Å². The summed E-state index contributed by atoms with van der Waals surface area (Å²) in [6.07, 6.45) is -3.47. The molecule has 3 heterocycles. The van der Waals surface area contributed by atoms with E-state index >= 15 is 0 Å². The fourth-order valence-corrected chi connectivity index (χ4v) is 2.46. The number of alkyl halides is 3. The first-order valence-electron chi connectivity index (χ1n) is 7.38. The zero-order valence-electron chi connectivity index (χ0n) is 12.8. The smallest absolute Gasteiger partial charge is 0.416 e. The van der Waals surface area contributed by atoms with E-state index in [0.717, 1.165) is 18.3 Å². The van der Waals surface area contributed by atoms with Gasteiger partial charge in [-0.05, 0) is 12.1 Å². The standard InChI is InChI=1S/C15H13F3N4O3/c16-15(17,18)9-3-5-19-13(7-9)25-10-4-6-22(8-10)14(24)11-1-2-12(23)21-20-11/h1-3,5,7,10H,4,6,8H2,(H,21,23). The molecule has 0 saturated carbocycles. The molecule has 10 heteroatoms. The molecule has 2 aromatic rings. The Balaban J connectivity index is 1.64. The Labute approximate surface area is 139 Å². The Bertz CT molecular complexity index is 817. The van der Waals surface area contributed by atoms with Crippen molar-refractivity contribution < 1.29 is 22.7 Å². The summed E-state index contributed by atoms with van der Waals surface area (Å²) in [6.45, 7) is 0.556. The van der Waals surface area contributed by atoms with Gasteiger partial charge in [0.05, 0.1) is 12.1 Å². The second-order valence-electron chi connectivity index (χ2n) is 5.47. The van der Waals surface area contributed by atoms with Crippen LogP contribution in [-0.2, 0) is 6.18 Å². The Morgan fingerprint density at radius 3 is 2.80 bits per heavy atom. The predicted molar refractivity (Wildman–Crippen MR) is 79.0 cm³/mol. The first-order valence-corrected chi connectivity index (χ1v) is 7.38. The Morgan fingerprint density at radius 2 is 2.12 bits per heavy atom. The van der Waals surface area contributed by atoms with Gasteiger partial charge in [0.1, 0.15) is 11.8 Å². The molecule has 0 aliphatic carbocycles. The van der Waals surface area contributed by atoms with E-state index < -0.39 is 23.4 Å². The lowest BCUT2D eigenvalue weighted by Gasteiger charge is -2.16. The van der Waals surface area contributed by atoms with E-state index in [-0.39, 0.29) is 24.0 Å². The number of halogens is 3. The number of rotatable bonds is 3. The molecule has 1 unspecified atom stereocenters. The van der Waals surface area contributed by atoms with E-state index in [1.54, 1.807) is 0 Å². The van der Waals surface area contributed by atoms with Crippen molar-refractivity contribution in [3.05, 3.63) is 52.1 Å². The minimum atomic E-state index is -4.48. The zero-order valence-corrected chi connectivity index (χ0v) is 12.8. The molecule has 1 fully saturated rings. The van der Waals surface area contributed by atoms with Crippen molar-refractivity contribution >= 4 is 5.91 Å². The molecule has 1 atom stereocenters. The van der Waals surface area contributed by atoms with E-state index in [1.807, 2.05) is 0 Å². The molecule has 0 spiro atoms. The second-order valence-corrected chi connectivity index (χ2v) is 5.47. The number of ether oxygens (including phenoxy) is 1. The number of likely N-dealkylation sites (tertiary alicyclic amines) is 1.